The molecular formula is C17H21F3N2O3. The lowest BCUT2D eigenvalue weighted by Crippen LogP contribution is -2.58. The zero-order valence-corrected chi connectivity index (χ0v) is 14.1. The second kappa shape index (κ2) is 7.76. The van der Waals surface area contributed by atoms with Gasteiger partial charge in [-0.25, -0.2) is 0 Å². The molecule has 1 aromatic carbocycles. The van der Waals surface area contributed by atoms with E-state index in [-0.39, 0.29) is 30.9 Å². The van der Waals surface area contributed by atoms with Gasteiger partial charge in [0.1, 0.15) is 11.8 Å². The van der Waals surface area contributed by atoms with Crippen molar-refractivity contribution in [2.45, 2.75) is 44.9 Å². The number of carbonyl (C=O) groups is 2. The van der Waals surface area contributed by atoms with Gasteiger partial charge in [0.15, 0.2) is 0 Å². The third-order valence-electron chi connectivity index (χ3n) is 4.04. The molecule has 8 heteroatoms. The van der Waals surface area contributed by atoms with E-state index in [9.17, 15) is 22.8 Å². The molecule has 0 unspecified atom stereocenters. The first-order valence-electron chi connectivity index (χ1n) is 8.10. The highest BCUT2D eigenvalue weighted by Crippen LogP contribution is 2.33. The standard InChI is InChI=1S/C17H21F3N2O3/c1-3-25-14-7-4-12(5-8-14)16(24)22-10-13(21-11(2)23)6-9-15(22)17(18,19)20/h4-5,7-8,13,15H,3,6,9-10H2,1-2H3,(H,21,23)/t13-,15+/m1/s1. The number of alkyl halides is 3. The van der Waals surface area contributed by atoms with E-state index in [4.69, 9.17) is 4.74 Å². The van der Waals surface area contributed by atoms with E-state index >= 15 is 0 Å². The summed E-state index contributed by atoms with van der Waals surface area (Å²) in [6.45, 7) is 3.39. The summed E-state index contributed by atoms with van der Waals surface area (Å²) in [5.74, 6) is -0.495. The quantitative estimate of drug-likeness (QED) is 0.900. The molecule has 1 aliphatic rings. The third kappa shape index (κ3) is 4.87. The summed E-state index contributed by atoms with van der Waals surface area (Å²) >= 11 is 0. The van der Waals surface area contributed by atoms with Gasteiger partial charge in [-0.05, 0) is 44.0 Å². The average molecular weight is 358 g/mol. The number of hydrogen-bond donors (Lipinski definition) is 1. The smallest absolute Gasteiger partial charge is 0.408 e. The molecule has 1 aromatic rings. The van der Waals surface area contributed by atoms with E-state index in [1.807, 2.05) is 6.92 Å². The zero-order valence-electron chi connectivity index (χ0n) is 14.1. The van der Waals surface area contributed by atoms with Crippen LogP contribution in [0.5, 0.6) is 5.75 Å². The summed E-state index contributed by atoms with van der Waals surface area (Å²) < 4.78 is 45.2. The van der Waals surface area contributed by atoms with Crippen LogP contribution in [-0.4, -0.2) is 48.1 Å². The van der Waals surface area contributed by atoms with Crippen LogP contribution in [-0.2, 0) is 4.79 Å². The van der Waals surface area contributed by atoms with Crippen LogP contribution in [0.4, 0.5) is 13.2 Å². The number of hydrogen-bond acceptors (Lipinski definition) is 3. The highest BCUT2D eigenvalue weighted by atomic mass is 19.4. The molecule has 1 saturated heterocycles. The van der Waals surface area contributed by atoms with Gasteiger partial charge in [0, 0.05) is 25.1 Å². The van der Waals surface area contributed by atoms with Crippen molar-refractivity contribution < 1.29 is 27.5 Å². The molecule has 0 saturated carbocycles. The molecule has 1 heterocycles. The monoisotopic (exact) mass is 358 g/mol. The number of benzene rings is 1. The summed E-state index contributed by atoms with van der Waals surface area (Å²) in [7, 11) is 0. The Hall–Kier alpha value is -2.25. The van der Waals surface area contributed by atoms with Gasteiger partial charge in [-0.3, -0.25) is 9.59 Å². The number of nitrogens with one attached hydrogen (secondary N) is 1. The number of ether oxygens (including phenoxy) is 1. The first-order chi connectivity index (χ1) is 11.7. The summed E-state index contributed by atoms with van der Waals surface area (Å²) in [5, 5.41) is 2.60. The molecule has 0 radical (unpaired) electrons. The van der Waals surface area contributed by atoms with Crippen molar-refractivity contribution in [1.82, 2.24) is 10.2 Å². The Morgan fingerprint density at radius 1 is 1.24 bits per heavy atom. The van der Waals surface area contributed by atoms with Crippen LogP contribution in [0.3, 0.4) is 0 Å². The van der Waals surface area contributed by atoms with Crippen LogP contribution in [0.1, 0.15) is 37.0 Å². The van der Waals surface area contributed by atoms with Crippen molar-refractivity contribution in [3.63, 3.8) is 0 Å². The molecule has 0 aliphatic carbocycles. The highest BCUT2D eigenvalue weighted by Gasteiger charge is 2.48. The number of nitrogens with zero attached hydrogens (tertiary/aromatic N) is 1. The van der Waals surface area contributed by atoms with E-state index in [0.717, 1.165) is 4.90 Å². The molecule has 1 aliphatic heterocycles. The molecule has 1 N–H and O–H groups in total. The van der Waals surface area contributed by atoms with Crippen LogP contribution in [0, 0.1) is 0 Å². The average Bonchev–Trinajstić information content (AvgIpc) is 2.53. The highest BCUT2D eigenvalue weighted by molar-refractivity contribution is 5.94. The minimum Gasteiger partial charge on any atom is -0.494 e. The van der Waals surface area contributed by atoms with Gasteiger partial charge in [0.2, 0.25) is 5.91 Å². The molecule has 0 aromatic heterocycles. The van der Waals surface area contributed by atoms with Crippen LogP contribution in [0.2, 0.25) is 0 Å². The molecule has 25 heavy (non-hydrogen) atoms. The molecular weight excluding hydrogens is 337 g/mol. The topological polar surface area (TPSA) is 58.6 Å². The molecule has 0 spiro atoms. The Morgan fingerprint density at radius 2 is 1.88 bits per heavy atom. The minimum absolute atomic E-state index is 0.154. The zero-order chi connectivity index (χ0) is 18.6. The van der Waals surface area contributed by atoms with Crippen molar-refractivity contribution in [2.75, 3.05) is 13.2 Å². The Morgan fingerprint density at radius 3 is 2.40 bits per heavy atom. The molecule has 2 amide bonds. The van der Waals surface area contributed by atoms with Gasteiger partial charge >= 0.3 is 6.18 Å². The predicted molar refractivity (Wildman–Crippen MR) is 85.3 cm³/mol. The number of likely N-dealkylation sites (tertiary alicyclic amines) is 1. The third-order valence-corrected chi connectivity index (χ3v) is 4.04. The van der Waals surface area contributed by atoms with E-state index in [2.05, 4.69) is 5.32 Å². The van der Waals surface area contributed by atoms with Crippen LogP contribution in [0.25, 0.3) is 0 Å². The van der Waals surface area contributed by atoms with Gasteiger partial charge in [0.05, 0.1) is 6.61 Å². The number of halogens is 3. The molecule has 138 valence electrons. The lowest BCUT2D eigenvalue weighted by Gasteiger charge is -2.40. The number of amides is 2. The summed E-state index contributed by atoms with van der Waals surface area (Å²) in [6, 6.07) is 3.66. The summed E-state index contributed by atoms with van der Waals surface area (Å²) in [6.07, 6.45) is -4.57. The lowest BCUT2D eigenvalue weighted by atomic mass is 9.96. The maximum absolute atomic E-state index is 13.3. The van der Waals surface area contributed by atoms with Crippen molar-refractivity contribution >= 4 is 11.8 Å². The number of piperidine rings is 1. The fourth-order valence-corrected chi connectivity index (χ4v) is 2.97. The summed E-state index contributed by atoms with van der Waals surface area (Å²) in [5.41, 5.74) is 0.154. The Balaban J connectivity index is 2.22. The maximum Gasteiger partial charge on any atom is 0.408 e. The second-order valence-corrected chi connectivity index (χ2v) is 5.95. The number of carbonyl (C=O) groups excluding carboxylic acids is 2. The van der Waals surface area contributed by atoms with Crippen molar-refractivity contribution in [1.29, 1.82) is 0 Å². The predicted octanol–water partition coefficient (Wildman–Crippen LogP) is 2.76. The second-order valence-electron chi connectivity index (χ2n) is 5.95. The Kier molecular flexibility index (Phi) is 5.92. The molecule has 5 nitrogen and oxygen atoms in total. The first-order valence-corrected chi connectivity index (χ1v) is 8.10. The Bertz CT molecular complexity index is 617. The lowest BCUT2D eigenvalue weighted by molar-refractivity contribution is -0.184. The van der Waals surface area contributed by atoms with Crippen LogP contribution < -0.4 is 10.1 Å². The van der Waals surface area contributed by atoms with E-state index in [0.29, 0.717) is 12.4 Å². The maximum atomic E-state index is 13.3. The fraction of sp³-hybridized carbons (Fsp3) is 0.529. The minimum atomic E-state index is -4.51. The van der Waals surface area contributed by atoms with Crippen LogP contribution in [0.15, 0.2) is 24.3 Å². The van der Waals surface area contributed by atoms with E-state index < -0.39 is 24.2 Å². The fourth-order valence-electron chi connectivity index (χ4n) is 2.97. The van der Waals surface area contributed by atoms with E-state index in [1.54, 1.807) is 12.1 Å². The van der Waals surface area contributed by atoms with Gasteiger partial charge < -0.3 is 15.0 Å². The molecule has 0 bridgehead atoms. The molecule has 2 atom stereocenters. The summed E-state index contributed by atoms with van der Waals surface area (Å²) in [4.78, 5) is 24.6. The van der Waals surface area contributed by atoms with E-state index in [1.165, 1.54) is 19.1 Å². The SMILES string of the molecule is CCOc1ccc(C(=O)N2C[C@H](NC(C)=O)CC[C@H]2C(F)(F)F)cc1. The van der Waals surface area contributed by atoms with Crippen molar-refractivity contribution in [3.8, 4) is 5.75 Å². The van der Waals surface area contributed by atoms with Crippen molar-refractivity contribution in [3.05, 3.63) is 29.8 Å². The number of rotatable bonds is 4. The van der Waals surface area contributed by atoms with Crippen LogP contribution >= 0.6 is 0 Å². The largest absolute Gasteiger partial charge is 0.494 e. The Labute approximate surface area is 144 Å². The van der Waals surface area contributed by atoms with Crippen molar-refractivity contribution in [2.24, 2.45) is 0 Å². The first kappa shape index (κ1) is 19.1. The van der Waals surface area contributed by atoms with Gasteiger partial charge in [-0.2, -0.15) is 13.2 Å². The normalized spacial score (nSPS) is 20.9. The molecule has 2 rings (SSSR count). The molecule has 1 fully saturated rings. The van der Waals surface area contributed by atoms with Gasteiger partial charge in [0.25, 0.3) is 5.91 Å². The van der Waals surface area contributed by atoms with Gasteiger partial charge in [-0.1, -0.05) is 0 Å². The van der Waals surface area contributed by atoms with Gasteiger partial charge in [-0.15, -0.1) is 0 Å².